The van der Waals surface area contributed by atoms with E-state index >= 15 is 0 Å². The van der Waals surface area contributed by atoms with Gasteiger partial charge < -0.3 is 4.74 Å². The Kier molecular flexibility index (Phi) is 4.10. The molecule has 128 valence electrons. The van der Waals surface area contributed by atoms with E-state index in [9.17, 15) is 8.78 Å². The largest absolute Gasteiger partial charge is 0.376 e. The van der Waals surface area contributed by atoms with Crippen molar-refractivity contribution in [2.45, 2.75) is 38.5 Å². The van der Waals surface area contributed by atoms with E-state index in [0.717, 1.165) is 44.2 Å². The van der Waals surface area contributed by atoms with Crippen LogP contribution < -0.4 is 0 Å². The molecule has 0 amide bonds. The summed E-state index contributed by atoms with van der Waals surface area (Å²) in [5.74, 6) is -1.05. The molecule has 1 atom stereocenters. The van der Waals surface area contributed by atoms with Crippen molar-refractivity contribution >= 4 is 0 Å². The van der Waals surface area contributed by atoms with Crippen LogP contribution >= 0.6 is 0 Å². The lowest BCUT2D eigenvalue weighted by Gasteiger charge is -2.25. The normalized spacial score (nSPS) is 21.2. The van der Waals surface area contributed by atoms with Crippen molar-refractivity contribution in [1.29, 1.82) is 0 Å². The number of rotatable bonds is 3. The van der Waals surface area contributed by atoms with Crippen LogP contribution in [0.25, 0.3) is 0 Å². The SMILES string of the molecule is Cn1nc(C2CCCN2Cc2cc(F)cc(F)c2)c2c1CCOC2. The highest BCUT2D eigenvalue weighted by molar-refractivity contribution is 5.30. The molecule has 3 heterocycles. The molecule has 1 unspecified atom stereocenters. The zero-order valence-corrected chi connectivity index (χ0v) is 13.8. The van der Waals surface area contributed by atoms with Crippen LogP contribution in [-0.4, -0.2) is 27.8 Å². The molecule has 1 aromatic heterocycles. The minimum absolute atomic E-state index is 0.188. The maximum absolute atomic E-state index is 13.5. The molecule has 24 heavy (non-hydrogen) atoms. The second-order valence-corrected chi connectivity index (χ2v) is 6.64. The summed E-state index contributed by atoms with van der Waals surface area (Å²) in [6.07, 6.45) is 2.97. The monoisotopic (exact) mass is 333 g/mol. The molecule has 6 heteroatoms. The summed E-state index contributed by atoms with van der Waals surface area (Å²) < 4.78 is 34.5. The second-order valence-electron chi connectivity index (χ2n) is 6.64. The van der Waals surface area contributed by atoms with Gasteiger partial charge in [0.1, 0.15) is 11.6 Å². The number of ether oxygens (including phenoxy) is 1. The minimum atomic E-state index is -0.524. The molecule has 4 rings (SSSR count). The number of benzene rings is 1. The first-order valence-corrected chi connectivity index (χ1v) is 8.43. The third-order valence-electron chi connectivity index (χ3n) is 5.02. The van der Waals surface area contributed by atoms with E-state index in [1.54, 1.807) is 0 Å². The lowest BCUT2D eigenvalue weighted by molar-refractivity contribution is 0.107. The number of hydrogen-bond donors (Lipinski definition) is 0. The molecule has 0 saturated carbocycles. The van der Waals surface area contributed by atoms with E-state index in [0.29, 0.717) is 18.7 Å². The van der Waals surface area contributed by atoms with Crippen LogP contribution in [0.2, 0.25) is 0 Å². The van der Waals surface area contributed by atoms with Gasteiger partial charge in [-0.1, -0.05) is 0 Å². The fourth-order valence-corrected chi connectivity index (χ4v) is 3.97. The quantitative estimate of drug-likeness (QED) is 0.865. The van der Waals surface area contributed by atoms with Gasteiger partial charge in [0.25, 0.3) is 0 Å². The topological polar surface area (TPSA) is 30.3 Å². The Morgan fingerprint density at radius 2 is 2.04 bits per heavy atom. The van der Waals surface area contributed by atoms with Gasteiger partial charge in [0.15, 0.2) is 0 Å². The highest BCUT2D eigenvalue weighted by atomic mass is 19.1. The van der Waals surface area contributed by atoms with Gasteiger partial charge in [0.05, 0.1) is 24.9 Å². The Morgan fingerprint density at radius 3 is 2.83 bits per heavy atom. The average molecular weight is 333 g/mol. The van der Waals surface area contributed by atoms with Crippen molar-refractivity contribution in [3.8, 4) is 0 Å². The molecule has 1 saturated heterocycles. The summed E-state index contributed by atoms with van der Waals surface area (Å²) in [6.45, 7) is 2.79. The highest BCUT2D eigenvalue weighted by Gasteiger charge is 2.32. The number of nitrogens with zero attached hydrogens (tertiary/aromatic N) is 3. The first-order chi connectivity index (χ1) is 11.6. The van der Waals surface area contributed by atoms with E-state index < -0.39 is 11.6 Å². The Bertz CT molecular complexity index is 739. The number of hydrogen-bond acceptors (Lipinski definition) is 3. The van der Waals surface area contributed by atoms with Crippen LogP contribution in [0.1, 0.15) is 41.4 Å². The average Bonchev–Trinajstić information content (AvgIpc) is 3.11. The zero-order chi connectivity index (χ0) is 16.7. The fourth-order valence-electron chi connectivity index (χ4n) is 3.97. The molecule has 2 aliphatic heterocycles. The van der Waals surface area contributed by atoms with Crippen LogP contribution in [0.3, 0.4) is 0 Å². The van der Waals surface area contributed by atoms with Crippen molar-refractivity contribution in [1.82, 2.24) is 14.7 Å². The van der Waals surface area contributed by atoms with E-state index in [2.05, 4.69) is 4.90 Å². The third kappa shape index (κ3) is 2.84. The third-order valence-corrected chi connectivity index (χ3v) is 5.02. The molecular formula is C18H21F2N3O. The molecule has 0 radical (unpaired) electrons. The highest BCUT2D eigenvalue weighted by Crippen LogP contribution is 2.36. The summed E-state index contributed by atoms with van der Waals surface area (Å²) in [4.78, 5) is 2.27. The summed E-state index contributed by atoms with van der Waals surface area (Å²) in [5, 5.41) is 4.75. The Morgan fingerprint density at radius 1 is 1.25 bits per heavy atom. The van der Waals surface area contributed by atoms with Gasteiger partial charge >= 0.3 is 0 Å². The molecule has 4 nitrogen and oxygen atoms in total. The number of likely N-dealkylation sites (tertiary alicyclic amines) is 1. The molecular weight excluding hydrogens is 312 g/mol. The Labute approximate surface area is 140 Å². The van der Waals surface area contributed by atoms with Crippen molar-refractivity contribution in [3.63, 3.8) is 0 Å². The predicted molar refractivity (Wildman–Crippen MR) is 85.3 cm³/mol. The second kappa shape index (κ2) is 6.26. The summed E-state index contributed by atoms with van der Waals surface area (Å²) in [5.41, 5.74) is 4.19. The van der Waals surface area contributed by atoms with Gasteiger partial charge in [0.2, 0.25) is 0 Å². The fraction of sp³-hybridized carbons (Fsp3) is 0.500. The summed E-state index contributed by atoms with van der Waals surface area (Å²) >= 11 is 0. The Balaban J connectivity index is 1.61. The maximum atomic E-state index is 13.5. The molecule has 1 fully saturated rings. The molecule has 1 aromatic carbocycles. The number of halogens is 2. The predicted octanol–water partition coefficient (Wildman–Crippen LogP) is 3.11. The van der Waals surface area contributed by atoms with Gasteiger partial charge in [-0.05, 0) is 37.1 Å². The van der Waals surface area contributed by atoms with Crippen molar-refractivity contribution < 1.29 is 13.5 Å². The van der Waals surface area contributed by atoms with Crippen LogP contribution in [-0.2, 0) is 31.4 Å². The first kappa shape index (κ1) is 15.7. The van der Waals surface area contributed by atoms with Crippen LogP contribution in [0.4, 0.5) is 8.78 Å². The van der Waals surface area contributed by atoms with Gasteiger partial charge in [-0.25, -0.2) is 8.78 Å². The zero-order valence-electron chi connectivity index (χ0n) is 13.8. The van der Waals surface area contributed by atoms with Crippen LogP contribution in [0.15, 0.2) is 18.2 Å². The molecule has 0 bridgehead atoms. The molecule has 0 spiro atoms. The first-order valence-electron chi connectivity index (χ1n) is 8.43. The number of aromatic nitrogens is 2. The van der Waals surface area contributed by atoms with Gasteiger partial charge in [-0.15, -0.1) is 0 Å². The molecule has 2 aromatic rings. The molecule has 0 aliphatic carbocycles. The molecule has 0 N–H and O–H groups in total. The molecule has 2 aliphatic rings. The van der Waals surface area contributed by atoms with Crippen molar-refractivity contribution in [2.75, 3.05) is 13.2 Å². The van der Waals surface area contributed by atoms with Crippen molar-refractivity contribution in [3.05, 3.63) is 52.3 Å². The van der Waals surface area contributed by atoms with Crippen LogP contribution in [0, 0.1) is 11.6 Å². The number of fused-ring (bicyclic) bond motifs is 1. The lowest BCUT2D eigenvalue weighted by Crippen LogP contribution is -2.24. The van der Waals surface area contributed by atoms with Gasteiger partial charge in [-0.2, -0.15) is 5.10 Å². The van der Waals surface area contributed by atoms with E-state index in [4.69, 9.17) is 9.84 Å². The van der Waals surface area contributed by atoms with E-state index in [-0.39, 0.29) is 6.04 Å². The van der Waals surface area contributed by atoms with E-state index in [1.165, 1.54) is 23.4 Å². The standard InChI is InChI=1S/C18H21F2N3O/c1-22-16-4-6-24-11-15(16)18(21-22)17-3-2-5-23(17)10-12-7-13(19)9-14(20)8-12/h7-9,17H,2-6,10-11H2,1H3. The Hall–Kier alpha value is -1.79. The van der Waals surface area contributed by atoms with Gasteiger partial charge in [-0.3, -0.25) is 9.58 Å². The minimum Gasteiger partial charge on any atom is -0.376 e. The van der Waals surface area contributed by atoms with E-state index in [1.807, 2.05) is 11.7 Å². The smallest absolute Gasteiger partial charge is 0.126 e. The van der Waals surface area contributed by atoms with Crippen molar-refractivity contribution in [2.24, 2.45) is 7.05 Å². The maximum Gasteiger partial charge on any atom is 0.126 e. The van der Waals surface area contributed by atoms with Gasteiger partial charge in [0, 0.05) is 37.3 Å². The summed E-state index contributed by atoms with van der Waals surface area (Å²) in [7, 11) is 1.98. The number of aryl methyl sites for hydroxylation is 1. The summed E-state index contributed by atoms with van der Waals surface area (Å²) in [6, 6.07) is 3.93. The lowest BCUT2D eigenvalue weighted by atomic mass is 10.0. The van der Waals surface area contributed by atoms with Crippen LogP contribution in [0.5, 0.6) is 0 Å².